The van der Waals surface area contributed by atoms with E-state index in [1.807, 2.05) is 0 Å². The van der Waals surface area contributed by atoms with E-state index >= 15 is 0 Å². The molecular formula is C9H16ClN3O2S. The van der Waals surface area contributed by atoms with Gasteiger partial charge >= 0.3 is 0 Å². The van der Waals surface area contributed by atoms with Crippen LogP contribution in [0.4, 0.5) is 5.69 Å². The van der Waals surface area contributed by atoms with E-state index in [1.165, 1.54) is 0 Å². The van der Waals surface area contributed by atoms with Crippen LogP contribution in [0.3, 0.4) is 0 Å². The maximum atomic E-state index is 11.7. The Kier molecular flexibility index (Phi) is 4.21. The standard InChI is InChI=1S/C9H16ClN3O2S/c1-7(4-10)6-16(14,15)12-9-5-13(3)11-8(9)2/h5,7,12H,4,6H2,1-3H3. The average molecular weight is 266 g/mol. The third-order valence-electron chi connectivity index (χ3n) is 2.05. The minimum absolute atomic E-state index is 0.0187. The van der Waals surface area contributed by atoms with Gasteiger partial charge in [0.1, 0.15) is 0 Å². The third kappa shape index (κ3) is 3.68. The Morgan fingerprint density at radius 2 is 2.25 bits per heavy atom. The SMILES string of the molecule is Cc1nn(C)cc1NS(=O)(=O)CC(C)CCl. The zero-order valence-corrected chi connectivity index (χ0v) is 11.1. The first-order chi connectivity index (χ1) is 7.34. The quantitative estimate of drug-likeness (QED) is 0.818. The second-order valence-corrected chi connectivity index (χ2v) is 6.02. The molecule has 0 aliphatic carbocycles. The lowest BCUT2D eigenvalue weighted by Gasteiger charge is -2.10. The highest BCUT2D eigenvalue weighted by Crippen LogP contribution is 2.14. The topological polar surface area (TPSA) is 64.0 Å². The summed E-state index contributed by atoms with van der Waals surface area (Å²) in [5.74, 6) is 0.272. The molecule has 0 radical (unpaired) electrons. The van der Waals surface area contributed by atoms with E-state index in [0.29, 0.717) is 17.3 Å². The molecule has 7 heteroatoms. The van der Waals surface area contributed by atoms with Crippen molar-refractivity contribution in [1.29, 1.82) is 0 Å². The van der Waals surface area contributed by atoms with E-state index in [2.05, 4.69) is 9.82 Å². The molecule has 0 aromatic carbocycles. The maximum Gasteiger partial charge on any atom is 0.233 e. The van der Waals surface area contributed by atoms with E-state index in [4.69, 9.17) is 11.6 Å². The molecule has 1 heterocycles. The monoisotopic (exact) mass is 265 g/mol. The smallest absolute Gasteiger partial charge is 0.233 e. The number of anilines is 1. The molecule has 1 rings (SSSR count). The number of sulfonamides is 1. The molecule has 0 aliphatic heterocycles. The number of alkyl halides is 1. The molecule has 0 spiro atoms. The van der Waals surface area contributed by atoms with Crippen LogP contribution in [0, 0.1) is 12.8 Å². The molecule has 1 N–H and O–H groups in total. The van der Waals surface area contributed by atoms with Crippen molar-refractivity contribution >= 4 is 27.3 Å². The van der Waals surface area contributed by atoms with Gasteiger partial charge in [0.05, 0.1) is 17.1 Å². The van der Waals surface area contributed by atoms with Gasteiger partial charge in [-0.2, -0.15) is 5.10 Å². The van der Waals surface area contributed by atoms with Crippen molar-refractivity contribution in [3.63, 3.8) is 0 Å². The van der Waals surface area contributed by atoms with Crippen LogP contribution >= 0.6 is 11.6 Å². The van der Waals surface area contributed by atoms with Gasteiger partial charge in [0, 0.05) is 19.1 Å². The molecule has 1 aromatic rings. The van der Waals surface area contributed by atoms with Crippen LogP contribution in [-0.4, -0.2) is 29.8 Å². The number of aryl methyl sites for hydroxylation is 2. The minimum atomic E-state index is -3.34. The van der Waals surface area contributed by atoms with Crippen LogP contribution in [0.15, 0.2) is 6.20 Å². The van der Waals surface area contributed by atoms with E-state index < -0.39 is 10.0 Å². The summed E-state index contributed by atoms with van der Waals surface area (Å²) >= 11 is 5.59. The Morgan fingerprint density at radius 3 is 2.69 bits per heavy atom. The van der Waals surface area contributed by atoms with Gasteiger partial charge < -0.3 is 0 Å². The van der Waals surface area contributed by atoms with Gasteiger partial charge in [0.25, 0.3) is 0 Å². The van der Waals surface area contributed by atoms with E-state index in [0.717, 1.165) is 0 Å². The fourth-order valence-corrected chi connectivity index (χ4v) is 3.05. The van der Waals surface area contributed by atoms with E-state index in [1.54, 1.807) is 31.8 Å². The van der Waals surface area contributed by atoms with Crippen molar-refractivity contribution in [1.82, 2.24) is 9.78 Å². The molecule has 0 saturated heterocycles. The summed E-state index contributed by atoms with van der Waals surface area (Å²) in [6, 6.07) is 0. The van der Waals surface area contributed by atoms with Crippen LogP contribution in [0.1, 0.15) is 12.6 Å². The Hall–Kier alpha value is -0.750. The molecule has 5 nitrogen and oxygen atoms in total. The van der Waals surface area contributed by atoms with Crippen molar-refractivity contribution in [3.05, 3.63) is 11.9 Å². The molecule has 92 valence electrons. The second kappa shape index (κ2) is 5.05. The predicted molar refractivity (Wildman–Crippen MR) is 65.2 cm³/mol. The van der Waals surface area contributed by atoms with E-state index in [9.17, 15) is 8.42 Å². The summed E-state index contributed by atoms with van der Waals surface area (Å²) in [6.07, 6.45) is 1.64. The van der Waals surface area contributed by atoms with Gasteiger partial charge in [0.2, 0.25) is 10.0 Å². The summed E-state index contributed by atoms with van der Waals surface area (Å²) in [5.41, 5.74) is 1.17. The first-order valence-corrected chi connectivity index (χ1v) is 7.09. The van der Waals surface area contributed by atoms with Crippen molar-refractivity contribution in [2.24, 2.45) is 13.0 Å². The molecule has 0 bridgehead atoms. The van der Waals surface area contributed by atoms with Gasteiger partial charge in [-0.05, 0) is 12.8 Å². The molecule has 0 aliphatic rings. The maximum absolute atomic E-state index is 11.7. The van der Waals surface area contributed by atoms with Gasteiger partial charge in [-0.3, -0.25) is 9.40 Å². The first kappa shape index (κ1) is 13.3. The largest absolute Gasteiger partial charge is 0.280 e. The zero-order chi connectivity index (χ0) is 12.3. The van der Waals surface area contributed by atoms with Crippen LogP contribution < -0.4 is 4.72 Å². The molecular weight excluding hydrogens is 250 g/mol. The van der Waals surface area contributed by atoms with Crippen molar-refractivity contribution in [2.45, 2.75) is 13.8 Å². The van der Waals surface area contributed by atoms with Crippen molar-refractivity contribution in [3.8, 4) is 0 Å². The minimum Gasteiger partial charge on any atom is -0.280 e. The highest BCUT2D eigenvalue weighted by Gasteiger charge is 2.17. The summed E-state index contributed by atoms with van der Waals surface area (Å²) in [4.78, 5) is 0. The van der Waals surface area contributed by atoms with Crippen molar-refractivity contribution < 1.29 is 8.42 Å². The predicted octanol–water partition coefficient (Wildman–Crippen LogP) is 1.35. The molecule has 0 saturated carbocycles. The van der Waals surface area contributed by atoms with Crippen molar-refractivity contribution in [2.75, 3.05) is 16.4 Å². The summed E-state index contributed by atoms with van der Waals surface area (Å²) < 4.78 is 27.5. The number of nitrogens with one attached hydrogen (secondary N) is 1. The number of rotatable bonds is 5. The lowest BCUT2D eigenvalue weighted by Crippen LogP contribution is -2.22. The summed E-state index contributed by atoms with van der Waals surface area (Å²) in [6.45, 7) is 3.55. The number of halogens is 1. The molecule has 0 fully saturated rings. The Morgan fingerprint density at radius 1 is 1.62 bits per heavy atom. The normalized spacial score (nSPS) is 13.8. The lowest BCUT2D eigenvalue weighted by atomic mass is 10.3. The van der Waals surface area contributed by atoms with Crippen LogP contribution in [0.25, 0.3) is 0 Å². The molecule has 0 amide bonds. The van der Waals surface area contributed by atoms with Gasteiger partial charge in [0.15, 0.2) is 0 Å². The molecule has 1 atom stereocenters. The summed E-state index contributed by atoms with van der Waals surface area (Å²) in [7, 11) is -1.60. The van der Waals surface area contributed by atoms with Gasteiger partial charge in [-0.1, -0.05) is 6.92 Å². The van der Waals surface area contributed by atoms with Gasteiger partial charge in [-0.15, -0.1) is 11.6 Å². The number of hydrogen-bond acceptors (Lipinski definition) is 3. The Bertz CT molecular complexity index is 455. The van der Waals surface area contributed by atoms with Crippen LogP contribution in [-0.2, 0) is 17.1 Å². The lowest BCUT2D eigenvalue weighted by molar-refractivity contribution is 0.588. The Balaban J connectivity index is 2.77. The van der Waals surface area contributed by atoms with E-state index in [-0.39, 0.29) is 11.7 Å². The molecule has 1 unspecified atom stereocenters. The fraction of sp³-hybridized carbons (Fsp3) is 0.667. The number of nitrogens with zero attached hydrogens (tertiary/aromatic N) is 2. The summed E-state index contributed by atoms with van der Waals surface area (Å²) in [5, 5.41) is 4.06. The molecule has 1 aromatic heterocycles. The second-order valence-electron chi connectivity index (χ2n) is 3.94. The zero-order valence-electron chi connectivity index (χ0n) is 9.57. The fourth-order valence-electron chi connectivity index (χ4n) is 1.33. The first-order valence-electron chi connectivity index (χ1n) is 4.90. The van der Waals surface area contributed by atoms with Crippen LogP contribution in [0.2, 0.25) is 0 Å². The average Bonchev–Trinajstić information content (AvgIpc) is 2.43. The highest BCUT2D eigenvalue weighted by atomic mass is 35.5. The number of hydrogen-bond donors (Lipinski definition) is 1. The Labute approximate surface area is 101 Å². The highest BCUT2D eigenvalue weighted by molar-refractivity contribution is 7.92. The van der Waals surface area contributed by atoms with Crippen LogP contribution in [0.5, 0.6) is 0 Å². The molecule has 16 heavy (non-hydrogen) atoms. The van der Waals surface area contributed by atoms with Gasteiger partial charge in [-0.25, -0.2) is 8.42 Å². The third-order valence-corrected chi connectivity index (χ3v) is 4.11. The number of aromatic nitrogens is 2.